The molecule has 0 radical (unpaired) electrons. The number of aliphatic carboxylic acids is 1. The van der Waals surface area contributed by atoms with Crippen LogP contribution in [0.2, 0.25) is 0 Å². The molecule has 0 aliphatic carbocycles. The van der Waals surface area contributed by atoms with E-state index in [0.29, 0.717) is 19.5 Å². The first-order valence-electron chi connectivity index (χ1n) is 3.98. The third kappa shape index (κ3) is 1.59. The third-order valence-electron chi connectivity index (χ3n) is 2.38. The highest BCUT2D eigenvalue weighted by Crippen LogP contribution is 2.29. The highest BCUT2D eigenvalue weighted by molar-refractivity contribution is 5.74. The standard InChI is InChI=1S/C9H13NO2/c1-3-5-10-6-4-9(2,7-10)8(11)12/h1H,4-7H2,2H3,(H,11,12). The van der Waals surface area contributed by atoms with Gasteiger partial charge in [0, 0.05) is 13.1 Å². The van der Waals surface area contributed by atoms with Crippen molar-refractivity contribution in [3.8, 4) is 12.3 Å². The van der Waals surface area contributed by atoms with E-state index in [4.69, 9.17) is 11.5 Å². The third-order valence-corrected chi connectivity index (χ3v) is 2.38. The highest BCUT2D eigenvalue weighted by atomic mass is 16.4. The summed E-state index contributed by atoms with van der Waals surface area (Å²) in [6.07, 6.45) is 5.83. The maximum absolute atomic E-state index is 10.8. The van der Waals surface area contributed by atoms with Crippen LogP contribution < -0.4 is 0 Å². The van der Waals surface area contributed by atoms with Gasteiger partial charge in [0.15, 0.2) is 0 Å². The molecule has 1 rings (SSSR count). The van der Waals surface area contributed by atoms with E-state index in [1.807, 2.05) is 4.90 Å². The molecule has 3 nitrogen and oxygen atoms in total. The number of carboxylic acid groups (broad SMARTS) is 1. The zero-order chi connectivity index (χ0) is 9.19. The van der Waals surface area contributed by atoms with E-state index in [1.165, 1.54) is 0 Å². The topological polar surface area (TPSA) is 40.5 Å². The van der Waals surface area contributed by atoms with Gasteiger partial charge < -0.3 is 5.11 Å². The summed E-state index contributed by atoms with van der Waals surface area (Å²) in [6.45, 7) is 3.70. The Morgan fingerprint density at radius 2 is 2.50 bits per heavy atom. The van der Waals surface area contributed by atoms with Crippen LogP contribution in [0.1, 0.15) is 13.3 Å². The fraction of sp³-hybridized carbons (Fsp3) is 0.667. The molecule has 0 amide bonds. The molecule has 1 aliphatic heterocycles. The molecule has 1 fully saturated rings. The number of hydrogen-bond acceptors (Lipinski definition) is 2. The minimum absolute atomic E-state index is 0.558. The molecule has 0 aromatic rings. The van der Waals surface area contributed by atoms with Crippen molar-refractivity contribution in [2.24, 2.45) is 5.41 Å². The second kappa shape index (κ2) is 3.16. The van der Waals surface area contributed by atoms with Gasteiger partial charge in [-0.05, 0) is 13.3 Å². The van der Waals surface area contributed by atoms with E-state index in [-0.39, 0.29) is 0 Å². The van der Waals surface area contributed by atoms with E-state index < -0.39 is 11.4 Å². The lowest BCUT2D eigenvalue weighted by Crippen LogP contribution is -2.31. The summed E-state index contributed by atoms with van der Waals surface area (Å²) in [5.74, 6) is 1.80. The van der Waals surface area contributed by atoms with Crippen molar-refractivity contribution in [1.29, 1.82) is 0 Å². The number of hydrogen-bond donors (Lipinski definition) is 1. The molecule has 0 aromatic carbocycles. The van der Waals surface area contributed by atoms with Gasteiger partial charge in [-0.3, -0.25) is 9.69 Å². The van der Waals surface area contributed by atoms with Gasteiger partial charge in [-0.1, -0.05) is 5.92 Å². The molecular weight excluding hydrogens is 154 g/mol. The summed E-state index contributed by atoms with van der Waals surface area (Å²) in [5, 5.41) is 8.88. The van der Waals surface area contributed by atoms with Crippen molar-refractivity contribution in [1.82, 2.24) is 4.90 Å². The molecule has 0 saturated carbocycles. The number of likely N-dealkylation sites (tertiary alicyclic amines) is 1. The van der Waals surface area contributed by atoms with Gasteiger partial charge in [-0.15, -0.1) is 6.42 Å². The molecule has 0 aromatic heterocycles. The second-order valence-corrected chi connectivity index (χ2v) is 3.53. The van der Waals surface area contributed by atoms with Gasteiger partial charge in [0.25, 0.3) is 0 Å². The van der Waals surface area contributed by atoms with Gasteiger partial charge in [0.05, 0.1) is 12.0 Å². The molecule has 3 heteroatoms. The molecule has 0 bridgehead atoms. The van der Waals surface area contributed by atoms with Crippen LogP contribution in [-0.4, -0.2) is 35.6 Å². The lowest BCUT2D eigenvalue weighted by atomic mass is 9.90. The monoisotopic (exact) mass is 167 g/mol. The molecule has 1 N–H and O–H groups in total. The van der Waals surface area contributed by atoms with Gasteiger partial charge in [0.1, 0.15) is 0 Å². The minimum atomic E-state index is -0.720. The fourth-order valence-corrected chi connectivity index (χ4v) is 1.50. The van der Waals surface area contributed by atoms with Crippen molar-refractivity contribution in [2.75, 3.05) is 19.6 Å². The van der Waals surface area contributed by atoms with Crippen molar-refractivity contribution in [3.05, 3.63) is 0 Å². The largest absolute Gasteiger partial charge is 0.481 e. The average Bonchev–Trinajstić information content (AvgIpc) is 2.34. The Kier molecular flexibility index (Phi) is 2.39. The summed E-state index contributed by atoms with van der Waals surface area (Å²) in [7, 11) is 0. The van der Waals surface area contributed by atoms with Crippen LogP contribution in [-0.2, 0) is 4.79 Å². The molecular formula is C9H13NO2. The average molecular weight is 167 g/mol. The summed E-state index contributed by atoms with van der Waals surface area (Å²) in [5.41, 5.74) is -0.586. The molecule has 0 spiro atoms. The first-order chi connectivity index (χ1) is 5.58. The SMILES string of the molecule is C#CCN1CCC(C)(C(=O)O)C1. The summed E-state index contributed by atoms with van der Waals surface area (Å²) in [4.78, 5) is 12.8. The Labute approximate surface area is 72.4 Å². The molecule has 66 valence electrons. The van der Waals surface area contributed by atoms with Crippen molar-refractivity contribution >= 4 is 5.97 Å². The molecule has 1 unspecified atom stereocenters. The molecule has 1 aliphatic rings. The van der Waals surface area contributed by atoms with E-state index >= 15 is 0 Å². The van der Waals surface area contributed by atoms with Crippen LogP contribution in [0.4, 0.5) is 0 Å². The lowest BCUT2D eigenvalue weighted by Gasteiger charge is -2.18. The Balaban J connectivity index is 2.56. The van der Waals surface area contributed by atoms with Crippen LogP contribution in [0.15, 0.2) is 0 Å². The van der Waals surface area contributed by atoms with E-state index in [2.05, 4.69) is 5.92 Å². The van der Waals surface area contributed by atoms with E-state index in [1.54, 1.807) is 6.92 Å². The van der Waals surface area contributed by atoms with Gasteiger partial charge in [-0.2, -0.15) is 0 Å². The molecule has 1 atom stereocenters. The maximum Gasteiger partial charge on any atom is 0.310 e. The number of carbonyl (C=O) groups is 1. The first-order valence-corrected chi connectivity index (χ1v) is 3.98. The first kappa shape index (κ1) is 9.08. The van der Waals surface area contributed by atoms with Crippen molar-refractivity contribution < 1.29 is 9.90 Å². The molecule has 1 heterocycles. The molecule has 12 heavy (non-hydrogen) atoms. The zero-order valence-electron chi connectivity index (χ0n) is 7.21. The van der Waals surface area contributed by atoms with Crippen LogP contribution >= 0.6 is 0 Å². The summed E-state index contributed by atoms with van der Waals surface area (Å²) >= 11 is 0. The second-order valence-electron chi connectivity index (χ2n) is 3.53. The zero-order valence-corrected chi connectivity index (χ0v) is 7.21. The Hall–Kier alpha value is -1.01. The van der Waals surface area contributed by atoms with Crippen LogP contribution in [0.5, 0.6) is 0 Å². The van der Waals surface area contributed by atoms with Gasteiger partial charge >= 0.3 is 5.97 Å². The fourth-order valence-electron chi connectivity index (χ4n) is 1.50. The predicted molar refractivity (Wildman–Crippen MR) is 45.6 cm³/mol. The van der Waals surface area contributed by atoms with Crippen molar-refractivity contribution in [2.45, 2.75) is 13.3 Å². The van der Waals surface area contributed by atoms with Gasteiger partial charge in [0.2, 0.25) is 0 Å². The number of terminal acetylenes is 1. The highest BCUT2D eigenvalue weighted by Gasteiger charge is 2.39. The normalized spacial score (nSPS) is 30.0. The molecule has 1 saturated heterocycles. The van der Waals surface area contributed by atoms with Crippen LogP contribution in [0.25, 0.3) is 0 Å². The van der Waals surface area contributed by atoms with E-state index in [0.717, 1.165) is 6.54 Å². The quantitative estimate of drug-likeness (QED) is 0.606. The smallest absolute Gasteiger partial charge is 0.310 e. The van der Waals surface area contributed by atoms with Gasteiger partial charge in [-0.25, -0.2) is 0 Å². The number of nitrogens with zero attached hydrogens (tertiary/aromatic N) is 1. The van der Waals surface area contributed by atoms with Crippen LogP contribution in [0.3, 0.4) is 0 Å². The minimum Gasteiger partial charge on any atom is -0.481 e. The predicted octanol–water partition coefficient (Wildman–Crippen LogP) is 0.416. The van der Waals surface area contributed by atoms with Crippen LogP contribution in [0, 0.1) is 17.8 Å². The number of rotatable bonds is 2. The Bertz CT molecular complexity index is 231. The van der Waals surface area contributed by atoms with E-state index in [9.17, 15) is 4.79 Å². The Morgan fingerprint density at radius 3 is 2.92 bits per heavy atom. The summed E-state index contributed by atoms with van der Waals surface area (Å²) in [6, 6.07) is 0. The van der Waals surface area contributed by atoms with Crippen molar-refractivity contribution in [3.63, 3.8) is 0 Å². The Morgan fingerprint density at radius 1 is 1.83 bits per heavy atom. The maximum atomic E-state index is 10.8. The lowest BCUT2D eigenvalue weighted by molar-refractivity contribution is -0.147. The summed E-state index contributed by atoms with van der Waals surface area (Å²) < 4.78 is 0. The number of carboxylic acids is 1.